The molecule has 3 aliphatic rings. The van der Waals surface area contributed by atoms with Crippen LogP contribution in [0, 0.1) is 17.7 Å². The number of amides is 1. The number of alkyl halides is 2. The van der Waals surface area contributed by atoms with Gasteiger partial charge in [0, 0.05) is 50.1 Å². The van der Waals surface area contributed by atoms with Crippen molar-refractivity contribution in [2.75, 3.05) is 6.54 Å². The Morgan fingerprint density at radius 2 is 1.92 bits per heavy atom. The third kappa shape index (κ3) is 3.56. The maximum absolute atomic E-state index is 15.5. The summed E-state index contributed by atoms with van der Waals surface area (Å²) in [7, 11) is 1.73. The molecule has 1 aromatic carbocycles. The molecule has 2 aliphatic carbocycles. The largest absolute Gasteiger partial charge is 0.334 e. The van der Waals surface area contributed by atoms with Gasteiger partial charge in [0.25, 0.3) is 11.8 Å². The molecule has 198 valence electrons. The Hall–Kier alpha value is -3.40. The topological polar surface area (TPSA) is 82.0 Å². The normalized spacial score (nSPS) is 23.3. The summed E-state index contributed by atoms with van der Waals surface area (Å²) in [5, 5.41) is 0.720. The highest BCUT2D eigenvalue weighted by Crippen LogP contribution is 2.39. The number of aryl methyl sites for hydroxylation is 1. The van der Waals surface area contributed by atoms with E-state index in [1.165, 1.54) is 12.1 Å². The maximum atomic E-state index is 15.5. The van der Waals surface area contributed by atoms with Gasteiger partial charge in [0.2, 0.25) is 0 Å². The molecular formula is C28H29F3N6O. The number of likely N-dealkylation sites (tertiary alicyclic amines) is 1. The number of hydrogen-bond acceptors (Lipinski definition) is 4. The average Bonchev–Trinajstić information content (AvgIpc) is 3.27. The highest BCUT2D eigenvalue weighted by molar-refractivity contribution is 5.98. The van der Waals surface area contributed by atoms with Crippen LogP contribution in [-0.4, -0.2) is 48.5 Å². The van der Waals surface area contributed by atoms with Crippen LogP contribution in [0.1, 0.15) is 48.7 Å². The SMILES string of the molecule is Cn1c(-c2cc3ccc(C(C)(F)F)nc3n2CC2CC2)nc2cc(C(=O)N3CC4CCC3[C@@H]4N)cc(F)c21. The second-order valence-corrected chi connectivity index (χ2v) is 11.3. The predicted molar refractivity (Wildman–Crippen MR) is 137 cm³/mol. The zero-order chi connectivity index (χ0) is 26.5. The summed E-state index contributed by atoms with van der Waals surface area (Å²) in [5.74, 6) is -2.58. The number of imidazole rings is 1. The predicted octanol–water partition coefficient (Wildman–Crippen LogP) is 4.81. The number of benzene rings is 1. The Bertz CT molecular complexity index is 1610. The van der Waals surface area contributed by atoms with Gasteiger partial charge in [-0.2, -0.15) is 8.78 Å². The maximum Gasteiger partial charge on any atom is 0.287 e. The molecule has 0 radical (unpaired) electrons. The van der Waals surface area contributed by atoms with Crippen molar-refractivity contribution in [1.82, 2.24) is 24.0 Å². The highest BCUT2D eigenvalue weighted by atomic mass is 19.3. The van der Waals surface area contributed by atoms with Crippen LogP contribution < -0.4 is 5.73 Å². The Balaban J connectivity index is 1.33. The zero-order valence-electron chi connectivity index (χ0n) is 21.3. The molecule has 3 fully saturated rings. The van der Waals surface area contributed by atoms with E-state index in [1.54, 1.807) is 28.6 Å². The summed E-state index contributed by atoms with van der Waals surface area (Å²) in [6.07, 6.45) is 4.02. The molecule has 2 unspecified atom stereocenters. The summed E-state index contributed by atoms with van der Waals surface area (Å²) in [4.78, 5) is 24.2. The number of halogens is 3. The fraction of sp³-hybridized carbons (Fsp3) is 0.464. The number of rotatable bonds is 5. The van der Waals surface area contributed by atoms with Crippen molar-refractivity contribution in [2.24, 2.45) is 24.6 Å². The van der Waals surface area contributed by atoms with E-state index in [1.807, 2.05) is 10.6 Å². The number of pyridine rings is 1. The molecule has 1 aliphatic heterocycles. The molecule has 3 atom stereocenters. The van der Waals surface area contributed by atoms with Gasteiger partial charge in [0.05, 0.1) is 11.2 Å². The van der Waals surface area contributed by atoms with Crippen molar-refractivity contribution < 1.29 is 18.0 Å². The molecule has 2 N–H and O–H groups in total. The van der Waals surface area contributed by atoms with Gasteiger partial charge in [-0.3, -0.25) is 4.79 Å². The van der Waals surface area contributed by atoms with Crippen LogP contribution in [0.15, 0.2) is 30.3 Å². The van der Waals surface area contributed by atoms with E-state index in [9.17, 15) is 13.6 Å². The molecule has 4 heterocycles. The van der Waals surface area contributed by atoms with Crippen molar-refractivity contribution in [3.63, 3.8) is 0 Å². The highest BCUT2D eigenvalue weighted by Gasteiger charge is 2.47. The quantitative estimate of drug-likeness (QED) is 0.408. The molecule has 10 heteroatoms. The van der Waals surface area contributed by atoms with Crippen LogP contribution in [0.2, 0.25) is 0 Å². The number of piperidine rings is 1. The van der Waals surface area contributed by atoms with Crippen LogP contribution in [0.4, 0.5) is 13.2 Å². The summed E-state index contributed by atoms with van der Waals surface area (Å²) < 4.78 is 47.3. The van der Waals surface area contributed by atoms with Crippen molar-refractivity contribution in [3.05, 3.63) is 47.4 Å². The van der Waals surface area contributed by atoms with Crippen molar-refractivity contribution in [3.8, 4) is 11.5 Å². The number of carbonyl (C=O) groups excluding carboxylic acids is 1. The lowest BCUT2D eigenvalue weighted by atomic mass is 10.1. The lowest BCUT2D eigenvalue weighted by Crippen LogP contribution is -2.41. The third-order valence-electron chi connectivity index (χ3n) is 8.64. The molecule has 4 aromatic rings. The molecule has 1 saturated heterocycles. The number of nitrogens with zero attached hydrogens (tertiary/aromatic N) is 5. The van der Waals surface area contributed by atoms with E-state index in [2.05, 4.69) is 4.98 Å². The van der Waals surface area contributed by atoms with Gasteiger partial charge in [0.15, 0.2) is 5.82 Å². The van der Waals surface area contributed by atoms with Crippen LogP contribution in [0.5, 0.6) is 0 Å². The fourth-order valence-electron chi connectivity index (χ4n) is 6.40. The first kappa shape index (κ1) is 23.7. The van der Waals surface area contributed by atoms with Gasteiger partial charge < -0.3 is 19.8 Å². The molecule has 1 amide bonds. The van der Waals surface area contributed by atoms with Gasteiger partial charge in [0.1, 0.15) is 22.7 Å². The minimum absolute atomic E-state index is 0.00317. The minimum Gasteiger partial charge on any atom is -0.334 e. The van der Waals surface area contributed by atoms with E-state index in [0.717, 1.165) is 38.0 Å². The summed E-state index contributed by atoms with van der Waals surface area (Å²) in [6.45, 7) is 2.06. The summed E-state index contributed by atoms with van der Waals surface area (Å²) in [5.41, 5.74) is 8.06. The van der Waals surface area contributed by atoms with E-state index >= 15 is 4.39 Å². The first-order valence-corrected chi connectivity index (χ1v) is 13.2. The first-order valence-electron chi connectivity index (χ1n) is 13.2. The van der Waals surface area contributed by atoms with E-state index < -0.39 is 11.7 Å². The second-order valence-electron chi connectivity index (χ2n) is 11.3. The van der Waals surface area contributed by atoms with Gasteiger partial charge >= 0.3 is 0 Å². The smallest absolute Gasteiger partial charge is 0.287 e. The molecule has 7 rings (SSSR count). The van der Waals surface area contributed by atoms with Gasteiger partial charge in [-0.15, -0.1) is 0 Å². The molecule has 0 spiro atoms. The van der Waals surface area contributed by atoms with Crippen molar-refractivity contribution >= 4 is 28.0 Å². The van der Waals surface area contributed by atoms with Crippen LogP contribution >= 0.6 is 0 Å². The van der Waals surface area contributed by atoms with E-state index in [0.29, 0.717) is 47.6 Å². The molecule has 3 aromatic heterocycles. The molecule has 38 heavy (non-hydrogen) atoms. The van der Waals surface area contributed by atoms with Crippen molar-refractivity contribution in [2.45, 2.75) is 57.2 Å². The van der Waals surface area contributed by atoms with Crippen LogP contribution in [0.3, 0.4) is 0 Å². The zero-order valence-corrected chi connectivity index (χ0v) is 21.3. The van der Waals surface area contributed by atoms with E-state index in [-0.39, 0.29) is 34.8 Å². The van der Waals surface area contributed by atoms with E-state index in [4.69, 9.17) is 10.7 Å². The fourth-order valence-corrected chi connectivity index (χ4v) is 6.40. The number of nitrogens with two attached hydrogens (primary N) is 1. The Morgan fingerprint density at radius 1 is 1.13 bits per heavy atom. The van der Waals surface area contributed by atoms with Gasteiger partial charge in [-0.05, 0) is 67.9 Å². The van der Waals surface area contributed by atoms with Crippen LogP contribution in [0.25, 0.3) is 33.6 Å². The van der Waals surface area contributed by atoms with Gasteiger partial charge in [-0.1, -0.05) is 0 Å². The molecular weight excluding hydrogens is 493 g/mol. The number of hydrogen-bond donors (Lipinski definition) is 1. The number of fused-ring (bicyclic) bond motifs is 4. The monoisotopic (exact) mass is 522 g/mol. The lowest BCUT2D eigenvalue weighted by molar-refractivity contribution is 0.0130. The summed E-state index contributed by atoms with van der Waals surface area (Å²) >= 11 is 0. The standard InChI is InChI=1S/C28H29F3N6O/c1-28(30,31)22-8-6-15-11-21(36(25(15)34-22)12-14-3-4-14)26-33-19-10-17(9-18(29)24(19)35(26)2)27(38)37-13-16-5-7-20(37)23(16)32/h6,8-11,14,16,20,23H,3-5,7,12-13,32H2,1-2H3/t16?,20?,23-/m1/s1. The molecule has 7 nitrogen and oxygen atoms in total. The van der Waals surface area contributed by atoms with Crippen molar-refractivity contribution in [1.29, 1.82) is 0 Å². The minimum atomic E-state index is -3.06. The Morgan fingerprint density at radius 3 is 2.58 bits per heavy atom. The number of carbonyl (C=O) groups is 1. The average molecular weight is 523 g/mol. The van der Waals surface area contributed by atoms with Crippen LogP contribution in [-0.2, 0) is 19.5 Å². The lowest BCUT2D eigenvalue weighted by Gasteiger charge is -2.27. The second kappa shape index (κ2) is 8.05. The molecule has 2 bridgehead atoms. The summed E-state index contributed by atoms with van der Waals surface area (Å²) in [6, 6.07) is 7.76. The number of aromatic nitrogens is 4. The Labute approximate surface area is 217 Å². The third-order valence-corrected chi connectivity index (χ3v) is 8.64. The van der Waals surface area contributed by atoms with Gasteiger partial charge in [-0.25, -0.2) is 14.4 Å². The molecule has 2 saturated carbocycles. The Kier molecular flexibility index (Phi) is 5.02. The first-order chi connectivity index (χ1) is 18.1.